The Morgan fingerprint density at radius 2 is 1.77 bits per heavy atom. The molecule has 7 nitrogen and oxygen atoms in total. The fourth-order valence-corrected chi connectivity index (χ4v) is 2.54. The maximum absolute atomic E-state index is 9.96. The van der Waals surface area contributed by atoms with Crippen LogP contribution in [0, 0.1) is 0 Å². The smallest absolute Gasteiger partial charge is 0.222 e. The van der Waals surface area contributed by atoms with Crippen molar-refractivity contribution in [1.82, 2.24) is 15.3 Å². The summed E-state index contributed by atoms with van der Waals surface area (Å²) in [5.41, 5.74) is 6.56. The molecule has 0 amide bonds. The summed E-state index contributed by atoms with van der Waals surface area (Å²) in [6, 6.07) is 17.2. The third-order valence-electron chi connectivity index (χ3n) is 3.78. The number of aliphatic hydroxyl groups excluding tert-OH is 1. The highest BCUT2D eigenvalue weighted by atomic mass is 16.5. The maximum Gasteiger partial charge on any atom is 0.222 e. The van der Waals surface area contributed by atoms with Crippen LogP contribution in [0.15, 0.2) is 54.6 Å². The Kier molecular flexibility index (Phi) is 6.19. The second-order valence-electron chi connectivity index (χ2n) is 5.86. The van der Waals surface area contributed by atoms with Gasteiger partial charge in [-0.2, -0.15) is 4.98 Å². The number of fused-ring (bicyclic) bond motifs is 1. The first-order valence-corrected chi connectivity index (χ1v) is 8.55. The number of para-hydroxylation sites is 2. The fraction of sp³-hybridized carbons (Fsp3) is 0.263. The van der Waals surface area contributed by atoms with Crippen molar-refractivity contribution in [1.29, 1.82) is 0 Å². The Morgan fingerprint density at radius 1 is 1.00 bits per heavy atom. The number of ether oxygens (including phenoxy) is 1. The molecule has 1 unspecified atom stereocenters. The Morgan fingerprint density at radius 3 is 2.62 bits per heavy atom. The third-order valence-corrected chi connectivity index (χ3v) is 3.78. The van der Waals surface area contributed by atoms with Gasteiger partial charge in [0.2, 0.25) is 5.95 Å². The minimum Gasteiger partial charge on any atom is -0.491 e. The van der Waals surface area contributed by atoms with Crippen LogP contribution in [0.1, 0.15) is 0 Å². The van der Waals surface area contributed by atoms with Crippen LogP contribution >= 0.6 is 0 Å². The van der Waals surface area contributed by atoms with Gasteiger partial charge >= 0.3 is 0 Å². The molecule has 0 aliphatic carbocycles. The van der Waals surface area contributed by atoms with Gasteiger partial charge in [0, 0.05) is 25.0 Å². The predicted molar refractivity (Wildman–Crippen MR) is 103 cm³/mol. The van der Waals surface area contributed by atoms with Gasteiger partial charge in [-0.15, -0.1) is 0 Å². The van der Waals surface area contributed by atoms with E-state index in [1.807, 2.05) is 54.6 Å². The van der Waals surface area contributed by atoms with E-state index in [0.29, 0.717) is 25.5 Å². The summed E-state index contributed by atoms with van der Waals surface area (Å²) in [7, 11) is 0. The highest BCUT2D eigenvalue weighted by Gasteiger charge is 2.06. The summed E-state index contributed by atoms with van der Waals surface area (Å²) in [6.07, 6.45) is -0.578. The van der Waals surface area contributed by atoms with Gasteiger partial charge in [-0.3, -0.25) is 0 Å². The number of nitrogen functional groups attached to an aromatic ring is 1. The summed E-state index contributed by atoms with van der Waals surface area (Å²) in [5, 5.41) is 17.3. The zero-order valence-corrected chi connectivity index (χ0v) is 14.4. The predicted octanol–water partition coefficient (Wildman–Crippen LogP) is 1.65. The van der Waals surface area contributed by atoms with E-state index in [2.05, 4.69) is 20.6 Å². The van der Waals surface area contributed by atoms with Crippen molar-refractivity contribution in [2.24, 2.45) is 0 Å². The Hall–Kier alpha value is -2.90. The third kappa shape index (κ3) is 5.05. The van der Waals surface area contributed by atoms with E-state index in [9.17, 15) is 5.11 Å². The van der Waals surface area contributed by atoms with Crippen molar-refractivity contribution >= 4 is 22.7 Å². The SMILES string of the molecule is Nc1nc(NCCNCC(O)COc2ccccc2)c2ccccc2n1. The molecule has 0 fully saturated rings. The van der Waals surface area contributed by atoms with Gasteiger partial charge < -0.3 is 26.2 Å². The van der Waals surface area contributed by atoms with Crippen LogP contribution in [0.4, 0.5) is 11.8 Å². The first kappa shape index (κ1) is 17.9. The molecule has 7 heteroatoms. The number of hydrogen-bond donors (Lipinski definition) is 4. The molecule has 26 heavy (non-hydrogen) atoms. The molecule has 2 aromatic carbocycles. The zero-order valence-electron chi connectivity index (χ0n) is 14.4. The van der Waals surface area contributed by atoms with Gasteiger partial charge in [-0.05, 0) is 24.3 Å². The first-order chi connectivity index (χ1) is 12.7. The quantitative estimate of drug-likeness (QED) is 0.434. The van der Waals surface area contributed by atoms with Crippen molar-refractivity contribution < 1.29 is 9.84 Å². The second-order valence-corrected chi connectivity index (χ2v) is 5.86. The van der Waals surface area contributed by atoms with E-state index >= 15 is 0 Å². The molecule has 1 aromatic heterocycles. The van der Waals surface area contributed by atoms with E-state index in [4.69, 9.17) is 10.5 Å². The van der Waals surface area contributed by atoms with Crippen LogP contribution in [-0.4, -0.2) is 47.4 Å². The van der Waals surface area contributed by atoms with Crippen molar-refractivity contribution in [3.63, 3.8) is 0 Å². The molecule has 0 spiro atoms. The lowest BCUT2D eigenvalue weighted by Crippen LogP contribution is -2.34. The van der Waals surface area contributed by atoms with Crippen molar-refractivity contribution in [3.8, 4) is 5.75 Å². The number of aliphatic hydroxyl groups is 1. The van der Waals surface area contributed by atoms with Crippen LogP contribution < -0.4 is 21.1 Å². The Balaban J connectivity index is 1.39. The molecule has 1 heterocycles. The first-order valence-electron chi connectivity index (χ1n) is 8.55. The van der Waals surface area contributed by atoms with Crippen molar-refractivity contribution in [2.75, 3.05) is 37.3 Å². The maximum atomic E-state index is 9.96. The highest BCUT2D eigenvalue weighted by molar-refractivity contribution is 5.89. The summed E-state index contributed by atoms with van der Waals surface area (Å²) < 4.78 is 5.52. The van der Waals surface area contributed by atoms with E-state index in [1.165, 1.54) is 0 Å². The number of nitrogens with one attached hydrogen (secondary N) is 2. The minimum atomic E-state index is -0.578. The van der Waals surface area contributed by atoms with E-state index in [-0.39, 0.29) is 12.6 Å². The molecule has 1 atom stereocenters. The summed E-state index contributed by atoms with van der Waals surface area (Å²) in [6.45, 7) is 2.01. The molecule has 0 saturated heterocycles. The van der Waals surface area contributed by atoms with Gasteiger partial charge in [-0.25, -0.2) is 4.98 Å². The van der Waals surface area contributed by atoms with Crippen molar-refractivity contribution in [2.45, 2.75) is 6.10 Å². The molecule has 0 aliphatic rings. The fourth-order valence-electron chi connectivity index (χ4n) is 2.54. The van der Waals surface area contributed by atoms with Gasteiger partial charge in [0.05, 0.1) is 5.52 Å². The van der Waals surface area contributed by atoms with Crippen LogP contribution in [0.2, 0.25) is 0 Å². The van der Waals surface area contributed by atoms with Crippen molar-refractivity contribution in [3.05, 3.63) is 54.6 Å². The monoisotopic (exact) mass is 353 g/mol. The van der Waals surface area contributed by atoms with Crippen LogP contribution in [0.25, 0.3) is 10.9 Å². The molecule has 0 radical (unpaired) electrons. The standard InChI is InChI=1S/C19H23N5O2/c20-19-23-17-9-5-4-8-16(17)18(24-19)22-11-10-21-12-14(25)13-26-15-6-2-1-3-7-15/h1-9,14,21,25H,10-13H2,(H3,20,22,23,24). The normalized spacial score (nSPS) is 12.0. The molecular weight excluding hydrogens is 330 g/mol. The molecule has 136 valence electrons. The molecule has 0 aliphatic heterocycles. The molecule has 3 rings (SSSR count). The number of benzene rings is 2. The Labute approximate surface area is 152 Å². The van der Waals surface area contributed by atoms with Gasteiger partial charge in [-0.1, -0.05) is 30.3 Å². The number of aromatic nitrogens is 2. The number of anilines is 2. The van der Waals surface area contributed by atoms with Crippen LogP contribution in [0.3, 0.4) is 0 Å². The number of hydrogen-bond acceptors (Lipinski definition) is 7. The van der Waals surface area contributed by atoms with Gasteiger partial charge in [0.25, 0.3) is 0 Å². The lowest BCUT2D eigenvalue weighted by molar-refractivity contribution is 0.107. The second kappa shape index (κ2) is 8.98. The number of nitrogens with two attached hydrogens (primary N) is 1. The lowest BCUT2D eigenvalue weighted by atomic mass is 10.2. The zero-order chi connectivity index (χ0) is 18.2. The van der Waals surface area contributed by atoms with E-state index in [0.717, 1.165) is 16.7 Å². The topological polar surface area (TPSA) is 105 Å². The van der Waals surface area contributed by atoms with Gasteiger partial charge in [0.1, 0.15) is 24.3 Å². The lowest BCUT2D eigenvalue weighted by Gasteiger charge is -2.14. The summed E-state index contributed by atoms with van der Waals surface area (Å²) in [5.74, 6) is 1.71. The average Bonchev–Trinajstić information content (AvgIpc) is 2.66. The number of rotatable bonds is 9. The number of nitrogens with zero attached hydrogens (tertiary/aromatic N) is 2. The van der Waals surface area contributed by atoms with Crippen LogP contribution in [0.5, 0.6) is 5.75 Å². The van der Waals surface area contributed by atoms with Gasteiger partial charge in [0.15, 0.2) is 0 Å². The molecular formula is C19H23N5O2. The van der Waals surface area contributed by atoms with E-state index < -0.39 is 6.10 Å². The summed E-state index contributed by atoms with van der Waals surface area (Å²) >= 11 is 0. The average molecular weight is 353 g/mol. The van der Waals surface area contributed by atoms with E-state index in [1.54, 1.807) is 0 Å². The van der Waals surface area contributed by atoms with Crippen LogP contribution in [-0.2, 0) is 0 Å². The Bertz CT molecular complexity index is 829. The molecule has 0 bridgehead atoms. The largest absolute Gasteiger partial charge is 0.491 e. The minimum absolute atomic E-state index is 0.243. The summed E-state index contributed by atoms with van der Waals surface area (Å²) in [4.78, 5) is 8.47. The molecule has 5 N–H and O–H groups in total. The highest BCUT2D eigenvalue weighted by Crippen LogP contribution is 2.20. The molecule has 3 aromatic rings. The molecule has 0 saturated carbocycles.